The van der Waals surface area contributed by atoms with Gasteiger partial charge in [-0.1, -0.05) is 42.5 Å². The van der Waals surface area contributed by atoms with Gasteiger partial charge in [0.25, 0.3) is 5.91 Å². The molecule has 2 bridgehead atoms. The van der Waals surface area contributed by atoms with Crippen LogP contribution in [-0.2, 0) is 17.8 Å². The van der Waals surface area contributed by atoms with Crippen LogP contribution in [-0.4, -0.2) is 59.0 Å². The molecule has 1 amide bonds. The molecule has 0 aliphatic carbocycles. The first kappa shape index (κ1) is 21.7. The molecule has 1 unspecified atom stereocenters. The van der Waals surface area contributed by atoms with E-state index in [0.717, 1.165) is 36.0 Å². The van der Waals surface area contributed by atoms with E-state index < -0.39 is 0 Å². The zero-order valence-electron chi connectivity index (χ0n) is 18.9. The number of amides is 1. The highest BCUT2D eigenvalue weighted by Crippen LogP contribution is 2.31. The number of ether oxygens (including phenoxy) is 2. The van der Waals surface area contributed by atoms with E-state index in [0.29, 0.717) is 25.5 Å². The third kappa shape index (κ3) is 4.26. The molecule has 7 nitrogen and oxygen atoms in total. The van der Waals surface area contributed by atoms with Gasteiger partial charge in [0.1, 0.15) is 5.75 Å². The minimum Gasteiger partial charge on any atom is -0.496 e. The van der Waals surface area contributed by atoms with Crippen LogP contribution in [0.15, 0.2) is 61.2 Å². The molecule has 1 N–H and O–H groups in total. The number of methoxy groups -OCH3 is 1. The Morgan fingerprint density at radius 2 is 1.91 bits per heavy atom. The van der Waals surface area contributed by atoms with E-state index in [9.17, 15) is 4.79 Å². The molecule has 3 aromatic rings. The van der Waals surface area contributed by atoms with Crippen molar-refractivity contribution in [3.8, 4) is 5.75 Å². The van der Waals surface area contributed by atoms with E-state index in [2.05, 4.69) is 28.0 Å². The molecule has 5 rings (SSSR count). The maximum Gasteiger partial charge on any atom is 0.272 e. The number of piperidine rings is 1. The Kier molecular flexibility index (Phi) is 6.15. The molecule has 3 heterocycles. The predicted molar refractivity (Wildman–Crippen MR) is 127 cm³/mol. The SMILES string of the molecule is C=CCn1nc(C(=O)NC2C[C@H]3COC[C@@H](C2)N3Cc2ccccc2OC)c2ccccc21. The maximum atomic E-state index is 13.2. The van der Waals surface area contributed by atoms with E-state index in [1.165, 1.54) is 5.56 Å². The number of rotatable bonds is 7. The summed E-state index contributed by atoms with van der Waals surface area (Å²) in [6.07, 6.45) is 3.49. The molecule has 0 spiro atoms. The Morgan fingerprint density at radius 3 is 2.67 bits per heavy atom. The van der Waals surface area contributed by atoms with Crippen molar-refractivity contribution in [3.05, 3.63) is 72.4 Å². The van der Waals surface area contributed by atoms with Crippen molar-refractivity contribution in [2.45, 2.75) is 44.1 Å². The zero-order valence-corrected chi connectivity index (χ0v) is 18.9. The first-order valence-electron chi connectivity index (χ1n) is 11.5. The summed E-state index contributed by atoms with van der Waals surface area (Å²) in [6.45, 7) is 6.54. The predicted octanol–water partition coefficient (Wildman–Crippen LogP) is 3.39. The molecule has 1 aromatic heterocycles. The smallest absolute Gasteiger partial charge is 0.272 e. The van der Waals surface area contributed by atoms with Gasteiger partial charge in [0.15, 0.2) is 5.69 Å². The monoisotopic (exact) mass is 446 g/mol. The Balaban J connectivity index is 1.31. The topological polar surface area (TPSA) is 68.6 Å². The molecule has 2 aliphatic heterocycles. The number of nitrogens with zero attached hydrogens (tertiary/aromatic N) is 3. The average molecular weight is 447 g/mol. The quantitative estimate of drug-likeness (QED) is 0.564. The number of carbonyl (C=O) groups excluding carboxylic acids is 1. The van der Waals surface area contributed by atoms with Gasteiger partial charge in [0.2, 0.25) is 0 Å². The number of carbonyl (C=O) groups is 1. The van der Waals surface area contributed by atoms with Crippen LogP contribution in [0.25, 0.3) is 10.9 Å². The van der Waals surface area contributed by atoms with Crippen molar-refractivity contribution in [1.29, 1.82) is 0 Å². The van der Waals surface area contributed by atoms with Gasteiger partial charge >= 0.3 is 0 Å². The number of benzene rings is 2. The van der Waals surface area contributed by atoms with Crippen LogP contribution in [0.2, 0.25) is 0 Å². The lowest BCUT2D eigenvalue weighted by Gasteiger charge is -2.48. The fourth-order valence-electron chi connectivity index (χ4n) is 5.21. The Morgan fingerprint density at radius 1 is 1.18 bits per heavy atom. The number of para-hydroxylation sites is 2. The van der Waals surface area contributed by atoms with Gasteiger partial charge < -0.3 is 14.8 Å². The van der Waals surface area contributed by atoms with Crippen LogP contribution in [0.4, 0.5) is 0 Å². The van der Waals surface area contributed by atoms with Crippen LogP contribution >= 0.6 is 0 Å². The Labute approximate surface area is 194 Å². The third-order valence-corrected chi connectivity index (χ3v) is 6.73. The molecular formula is C26H30N4O3. The van der Waals surface area contributed by atoms with Crippen molar-refractivity contribution < 1.29 is 14.3 Å². The average Bonchev–Trinajstić information content (AvgIpc) is 3.19. The van der Waals surface area contributed by atoms with Gasteiger partial charge in [-0.05, 0) is 25.0 Å². The summed E-state index contributed by atoms with van der Waals surface area (Å²) in [5.41, 5.74) is 2.60. The van der Waals surface area contributed by atoms with Crippen molar-refractivity contribution in [1.82, 2.24) is 20.0 Å². The molecule has 33 heavy (non-hydrogen) atoms. The highest BCUT2D eigenvalue weighted by molar-refractivity contribution is 6.05. The second-order valence-corrected chi connectivity index (χ2v) is 8.81. The van der Waals surface area contributed by atoms with E-state index in [4.69, 9.17) is 9.47 Å². The lowest BCUT2D eigenvalue weighted by Crippen LogP contribution is -2.60. The maximum absolute atomic E-state index is 13.2. The molecule has 0 saturated carbocycles. The summed E-state index contributed by atoms with van der Waals surface area (Å²) in [7, 11) is 1.71. The first-order chi connectivity index (χ1) is 16.2. The van der Waals surface area contributed by atoms with Crippen LogP contribution < -0.4 is 10.1 Å². The van der Waals surface area contributed by atoms with E-state index in [-0.39, 0.29) is 24.0 Å². The summed E-state index contributed by atoms with van der Waals surface area (Å²) in [4.78, 5) is 15.8. The summed E-state index contributed by atoms with van der Waals surface area (Å²) in [5.74, 6) is 0.796. The van der Waals surface area contributed by atoms with E-state index in [1.807, 2.05) is 47.1 Å². The van der Waals surface area contributed by atoms with Crippen LogP contribution in [0.5, 0.6) is 5.75 Å². The standard InChI is InChI=1S/C26H30N4O3/c1-3-12-30-23-10-6-5-9-22(23)25(28-30)26(31)27-19-13-20-16-33-17-21(14-19)29(20)15-18-8-4-7-11-24(18)32-2/h3-11,19-21H,1,12-17H2,2H3,(H,27,31)/t19?,20-,21+. The highest BCUT2D eigenvalue weighted by Gasteiger charge is 2.40. The minimum atomic E-state index is -0.115. The lowest BCUT2D eigenvalue weighted by atomic mass is 9.89. The molecule has 2 saturated heterocycles. The molecule has 0 radical (unpaired) electrons. The summed E-state index contributed by atoms with van der Waals surface area (Å²) >= 11 is 0. The fraction of sp³-hybridized carbons (Fsp3) is 0.385. The van der Waals surface area contributed by atoms with Gasteiger partial charge in [0.05, 0.1) is 32.4 Å². The fourth-order valence-corrected chi connectivity index (χ4v) is 5.21. The molecule has 2 fully saturated rings. The summed E-state index contributed by atoms with van der Waals surface area (Å²) < 4.78 is 13.3. The molecule has 2 aliphatic rings. The Bertz CT molecular complexity index is 1140. The van der Waals surface area contributed by atoms with E-state index >= 15 is 0 Å². The van der Waals surface area contributed by atoms with Gasteiger partial charge in [-0.3, -0.25) is 14.4 Å². The molecule has 2 aromatic carbocycles. The van der Waals surface area contributed by atoms with Crippen LogP contribution in [0, 0.1) is 0 Å². The number of fused-ring (bicyclic) bond motifs is 3. The lowest BCUT2D eigenvalue weighted by molar-refractivity contribution is -0.0845. The van der Waals surface area contributed by atoms with Crippen molar-refractivity contribution in [3.63, 3.8) is 0 Å². The number of hydrogen-bond donors (Lipinski definition) is 1. The summed E-state index contributed by atoms with van der Waals surface area (Å²) in [5, 5.41) is 8.73. The van der Waals surface area contributed by atoms with E-state index in [1.54, 1.807) is 13.2 Å². The molecule has 7 heteroatoms. The largest absolute Gasteiger partial charge is 0.496 e. The van der Waals surface area contributed by atoms with Gasteiger partial charge in [-0.2, -0.15) is 5.10 Å². The normalized spacial score (nSPS) is 22.8. The third-order valence-electron chi connectivity index (χ3n) is 6.73. The van der Waals surface area contributed by atoms with Crippen molar-refractivity contribution in [2.75, 3.05) is 20.3 Å². The molecular weight excluding hydrogens is 416 g/mol. The van der Waals surface area contributed by atoms with Gasteiger partial charge in [-0.25, -0.2) is 0 Å². The number of morpholine rings is 1. The second kappa shape index (κ2) is 9.37. The minimum absolute atomic E-state index is 0.0913. The zero-order chi connectivity index (χ0) is 22.8. The van der Waals surface area contributed by atoms with Gasteiger partial charge in [-0.15, -0.1) is 6.58 Å². The van der Waals surface area contributed by atoms with Crippen molar-refractivity contribution >= 4 is 16.8 Å². The number of nitrogens with one attached hydrogen (secondary N) is 1. The first-order valence-corrected chi connectivity index (χ1v) is 11.5. The molecule has 172 valence electrons. The van der Waals surface area contributed by atoms with Crippen molar-refractivity contribution in [2.24, 2.45) is 0 Å². The summed E-state index contributed by atoms with van der Waals surface area (Å²) in [6, 6.07) is 16.6. The highest BCUT2D eigenvalue weighted by atomic mass is 16.5. The number of hydrogen-bond acceptors (Lipinski definition) is 5. The van der Waals surface area contributed by atoms with Crippen LogP contribution in [0.1, 0.15) is 28.9 Å². The molecule has 3 atom stereocenters. The Hall–Kier alpha value is -3.16. The van der Waals surface area contributed by atoms with Gasteiger partial charge in [0, 0.05) is 35.6 Å². The van der Waals surface area contributed by atoms with Crippen LogP contribution in [0.3, 0.4) is 0 Å². The number of allylic oxidation sites excluding steroid dienone is 1. The second-order valence-electron chi connectivity index (χ2n) is 8.81. The number of aromatic nitrogens is 2.